The molecule has 8 heavy (non-hydrogen) atoms. The Morgan fingerprint density at radius 3 is 1.88 bits per heavy atom. The molecule has 0 amide bonds. The molecule has 2 heteroatoms. The van der Waals surface area contributed by atoms with E-state index in [9.17, 15) is 0 Å². The average Bonchev–Trinajstić information content (AvgIpc) is 2.29. The smallest absolute Gasteiger partial charge is 0.0382 e. The van der Waals surface area contributed by atoms with Crippen LogP contribution in [-0.2, 0) is 0 Å². The Kier molecular flexibility index (Phi) is 1.11. The fourth-order valence-electron chi connectivity index (χ4n) is 1.45. The van der Waals surface area contributed by atoms with Gasteiger partial charge >= 0.3 is 0 Å². The Labute approximate surface area is 63.2 Å². The molecule has 2 aliphatic rings. The van der Waals surface area contributed by atoms with Crippen LogP contribution in [0.25, 0.3) is 0 Å². The van der Waals surface area contributed by atoms with Crippen molar-refractivity contribution in [1.82, 2.24) is 3.11 Å². The first kappa shape index (κ1) is 5.23. The molecular weight excluding hydrogens is 213 g/mol. The minimum Gasteiger partial charge on any atom is -0.234 e. The third kappa shape index (κ3) is 0.558. The zero-order valence-corrected chi connectivity index (χ0v) is 6.71. The van der Waals surface area contributed by atoms with Crippen LogP contribution in [0.2, 0.25) is 0 Å². The predicted molar refractivity (Wildman–Crippen MR) is 41.8 cm³/mol. The van der Waals surface area contributed by atoms with E-state index in [2.05, 4.69) is 38.1 Å². The monoisotopic (exact) mass is 221 g/mol. The summed E-state index contributed by atoms with van der Waals surface area (Å²) in [6, 6.07) is 1.56. The molecular formula is C6H8IN. The van der Waals surface area contributed by atoms with Crippen molar-refractivity contribution < 1.29 is 0 Å². The average molecular weight is 221 g/mol. The zero-order valence-electron chi connectivity index (χ0n) is 4.55. The molecule has 1 fully saturated rings. The number of rotatable bonds is 0. The second kappa shape index (κ2) is 1.70. The molecule has 0 N–H and O–H groups in total. The molecule has 2 bridgehead atoms. The largest absolute Gasteiger partial charge is 0.234 e. The SMILES string of the molecule is IN1C2C=CC1CC2. The second-order valence-electron chi connectivity index (χ2n) is 2.44. The van der Waals surface area contributed by atoms with Crippen molar-refractivity contribution in [2.75, 3.05) is 0 Å². The molecule has 2 rings (SSSR count). The van der Waals surface area contributed by atoms with Crippen LogP contribution in [0, 0.1) is 0 Å². The first-order valence-electron chi connectivity index (χ1n) is 3.00. The third-order valence-electron chi connectivity index (χ3n) is 1.95. The maximum Gasteiger partial charge on any atom is 0.0382 e. The highest BCUT2D eigenvalue weighted by atomic mass is 127. The van der Waals surface area contributed by atoms with Crippen LogP contribution in [0.1, 0.15) is 12.8 Å². The predicted octanol–water partition coefficient (Wildman–Crippen LogP) is 1.74. The lowest BCUT2D eigenvalue weighted by Crippen LogP contribution is -2.16. The summed E-state index contributed by atoms with van der Waals surface area (Å²) in [7, 11) is 0. The van der Waals surface area contributed by atoms with Gasteiger partial charge in [-0.1, -0.05) is 12.2 Å². The highest BCUT2D eigenvalue weighted by molar-refractivity contribution is 14.1. The molecule has 0 aliphatic carbocycles. The van der Waals surface area contributed by atoms with E-state index in [1.54, 1.807) is 0 Å². The van der Waals surface area contributed by atoms with Gasteiger partial charge in [0.05, 0.1) is 0 Å². The van der Waals surface area contributed by atoms with Gasteiger partial charge in [-0.25, -0.2) is 3.11 Å². The molecule has 0 spiro atoms. The van der Waals surface area contributed by atoms with E-state index in [0.29, 0.717) is 0 Å². The second-order valence-corrected chi connectivity index (χ2v) is 3.56. The summed E-state index contributed by atoms with van der Waals surface area (Å²) < 4.78 is 2.41. The molecule has 0 aromatic rings. The Hall–Kier alpha value is 0.430. The van der Waals surface area contributed by atoms with Crippen LogP contribution >= 0.6 is 22.9 Å². The van der Waals surface area contributed by atoms with E-state index in [1.807, 2.05) is 0 Å². The number of nitrogens with zero attached hydrogens (tertiary/aromatic N) is 1. The van der Waals surface area contributed by atoms with Crippen LogP contribution in [0.3, 0.4) is 0 Å². The molecule has 2 atom stereocenters. The Bertz CT molecular complexity index is 118. The lowest BCUT2D eigenvalue weighted by atomic mass is 10.1. The van der Waals surface area contributed by atoms with Gasteiger partial charge in [-0.05, 0) is 12.8 Å². The van der Waals surface area contributed by atoms with E-state index in [0.717, 1.165) is 12.1 Å². The van der Waals surface area contributed by atoms with Crippen molar-refractivity contribution in [3.05, 3.63) is 12.2 Å². The van der Waals surface area contributed by atoms with E-state index in [-0.39, 0.29) is 0 Å². The molecule has 44 valence electrons. The molecule has 2 heterocycles. The summed E-state index contributed by atoms with van der Waals surface area (Å²) in [4.78, 5) is 0. The number of hydrogen-bond acceptors (Lipinski definition) is 1. The first-order valence-corrected chi connectivity index (χ1v) is 3.97. The summed E-state index contributed by atoms with van der Waals surface area (Å²) in [5.74, 6) is 0. The third-order valence-corrected chi connectivity index (χ3v) is 3.38. The minimum absolute atomic E-state index is 0.778. The fourth-order valence-corrected chi connectivity index (χ4v) is 2.38. The Balaban J connectivity index is 2.27. The summed E-state index contributed by atoms with van der Waals surface area (Å²) in [5, 5.41) is 0. The molecule has 0 saturated carbocycles. The quantitative estimate of drug-likeness (QED) is 0.342. The number of fused-ring (bicyclic) bond motifs is 2. The summed E-state index contributed by atoms with van der Waals surface area (Å²) >= 11 is 2.42. The van der Waals surface area contributed by atoms with Gasteiger partial charge in [-0.15, -0.1) is 0 Å². The van der Waals surface area contributed by atoms with Crippen LogP contribution in [0.4, 0.5) is 0 Å². The van der Waals surface area contributed by atoms with E-state index in [4.69, 9.17) is 0 Å². The standard InChI is InChI=1S/C6H8IN/c7-8-5-1-2-6(8)4-3-5/h1-2,5-6H,3-4H2. The van der Waals surface area contributed by atoms with E-state index in [1.165, 1.54) is 12.8 Å². The number of halogens is 1. The molecule has 2 aliphatic heterocycles. The van der Waals surface area contributed by atoms with E-state index >= 15 is 0 Å². The van der Waals surface area contributed by atoms with Gasteiger partial charge in [0.15, 0.2) is 0 Å². The molecule has 0 aromatic heterocycles. The van der Waals surface area contributed by atoms with Gasteiger partial charge in [-0.3, -0.25) is 0 Å². The van der Waals surface area contributed by atoms with Crippen LogP contribution in [-0.4, -0.2) is 15.2 Å². The van der Waals surface area contributed by atoms with Gasteiger partial charge in [0.2, 0.25) is 0 Å². The minimum atomic E-state index is 0.778. The van der Waals surface area contributed by atoms with Crippen molar-refractivity contribution in [2.45, 2.75) is 24.9 Å². The summed E-state index contributed by atoms with van der Waals surface area (Å²) in [6.07, 6.45) is 7.40. The van der Waals surface area contributed by atoms with Crippen molar-refractivity contribution in [2.24, 2.45) is 0 Å². The van der Waals surface area contributed by atoms with Gasteiger partial charge in [0, 0.05) is 34.9 Å². The number of hydrogen-bond donors (Lipinski definition) is 0. The first-order chi connectivity index (χ1) is 3.88. The normalized spacial score (nSPS) is 44.1. The molecule has 0 aromatic carbocycles. The van der Waals surface area contributed by atoms with Gasteiger partial charge in [0.1, 0.15) is 0 Å². The van der Waals surface area contributed by atoms with Gasteiger partial charge in [-0.2, -0.15) is 0 Å². The Morgan fingerprint density at radius 2 is 1.75 bits per heavy atom. The lowest BCUT2D eigenvalue weighted by Gasteiger charge is -2.09. The van der Waals surface area contributed by atoms with Crippen molar-refractivity contribution in [3.8, 4) is 0 Å². The van der Waals surface area contributed by atoms with Crippen LogP contribution in [0.5, 0.6) is 0 Å². The molecule has 1 nitrogen and oxygen atoms in total. The van der Waals surface area contributed by atoms with Crippen molar-refractivity contribution >= 4 is 22.9 Å². The van der Waals surface area contributed by atoms with Crippen molar-refractivity contribution in [1.29, 1.82) is 0 Å². The molecule has 2 unspecified atom stereocenters. The Morgan fingerprint density at radius 1 is 1.25 bits per heavy atom. The fraction of sp³-hybridized carbons (Fsp3) is 0.667. The van der Waals surface area contributed by atoms with E-state index < -0.39 is 0 Å². The molecule has 1 saturated heterocycles. The molecule has 0 radical (unpaired) electrons. The highest BCUT2D eigenvalue weighted by Gasteiger charge is 2.32. The maximum absolute atomic E-state index is 2.42. The van der Waals surface area contributed by atoms with Gasteiger partial charge < -0.3 is 0 Å². The highest BCUT2D eigenvalue weighted by Crippen LogP contribution is 2.34. The van der Waals surface area contributed by atoms with Gasteiger partial charge in [0.25, 0.3) is 0 Å². The van der Waals surface area contributed by atoms with Crippen molar-refractivity contribution in [3.63, 3.8) is 0 Å². The lowest BCUT2D eigenvalue weighted by molar-refractivity contribution is 0.520. The van der Waals surface area contributed by atoms with Crippen LogP contribution in [0.15, 0.2) is 12.2 Å². The summed E-state index contributed by atoms with van der Waals surface area (Å²) in [6.45, 7) is 0. The van der Waals surface area contributed by atoms with Crippen LogP contribution < -0.4 is 0 Å². The maximum atomic E-state index is 2.42. The zero-order chi connectivity index (χ0) is 5.56. The summed E-state index contributed by atoms with van der Waals surface area (Å²) in [5.41, 5.74) is 0. The topological polar surface area (TPSA) is 3.24 Å².